The molecule has 3 rings (SSSR count). The first-order valence-electron chi connectivity index (χ1n) is 6.43. The molecule has 0 atom stereocenters. The molecule has 0 fully saturated rings. The Hall–Kier alpha value is -2.53. The van der Waals surface area contributed by atoms with Gasteiger partial charge in [-0.3, -0.25) is 4.98 Å². The third kappa shape index (κ3) is 2.83. The quantitative estimate of drug-likeness (QED) is 0.751. The Morgan fingerprint density at radius 3 is 2.86 bits per heavy atom. The minimum absolute atomic E-state index is 0.324. The second-order valence-corrected chi connectivity index (χ2v) is 5.07. The molecule has 0 aliphatic carbocycles. The Bertz CT molecular complexity index is 827. The van der Waals surface area contributed by atoms with E-state index < -0.39 is 0 Å². The number of aromatic nitrogens is 2. The second-order valence-electron chi connectivity index (χ2n) is 4.63. The number of fused-ring (bicyclic) bond motifs is 1. The zero-order valence-electron chi connectivity index (χ0n) is 11.4. The van der Waals surface area contributed by atoms with Crippen molar-refractivity contribution in [1.82, 2.24) is 9.97 Å². The summed E-state index contributed by atoms with van der Waals surface area (Å²) in [5.41, 5.74) is 8.09. The normalized spacial score (nSPS) is 10.5. The van der Waals surface area contributed by atoms with Crippen molar-refractivity contribution in [2.24, 2.45) is 5.73 Å². The van der Waals surface area contributed by atoms with E-state index in [2.05, 4.69) is 9.97 Å². The Labute approximate surface area is 127 Å². The summed E-state index contributed by atoms with van der Waals surface area (Å²) in [4.78, 5) is 8.99. The fourth-order valence-electron chi connectivity index (χ4n) is 2.11. The van der Waals surface area contributed by atoms with E-state index in [0.29, 0.717) is 16.6 Å². The number of ether oxygens (including phenoxy) is 1. The van der Waals surface area contributed by atoms with E-state index in [0.717, 1.165) is 22.2 Å². The van der Waals surface area contributed by atoms with Crippen molar-refractivity contribution < 1.29 is 4.74 Å². The minimum atomic E-state index is 0.324. The molecule has 3 aromatic rings. The number of pyridine rings is 2. The summed E-state index contributed by atoms with van der Waals surface area (Å²) in [6, 6.07) is 13.1. The van der Waals surface area contributed by atoms with E-state index in [-0.39, 0.29) is 0 Å². The molecule has 5 heteroatoms. The van der Waals surface area contributed by atoms with Crippen LogP contribution in [0.3, 0.4) is 0 Å². The van der Waals surface area contributed by atoms with E-state index in [4.69, 9.17) is 22.7 Å². The zero-order chi connectivity index (χ0) is 14.8. The van der Waals surface area contributed by atoms with E-state index in [9.17, 15) is 0 Å². The molecular weight excluding hydrogens is 282 g/mol. The molecule has 0 aliphatic heterocycles. The topological polar surface area (TPSA) is 61.0 Å². The highest BCUT2D eigenvalue weighted by Crippen LogP contribution is 2.28. The number of nitrogens with two attached hydrogens (primary N) is 1. The Kier molecular flexibility index (Phi) is 3.50. The summed E-state index contributed by atoms with van der Waals surface area (Å²) in [6.07, 6.45) is 1.75. The van der Waals surface area contributed by atoms with Gasteiger partial charge in [-0.05, 0) is 37.3 Å². The van der Waals surface area contributed by atoms with Gasteiger partial charge in [-0.25, -0.2) is 4.98 Å². The Morgan fingerprint density at radius 1 is 1.19 bits per heavy atom. The molecular formula is C16H13N3OS. The SMILES string of the molecule is Cc1cc(C(N)=S)cc(Oc2cccc3ncccc23)n1. The maximum atomic E-state index is 5.90. The molecule has 0 radical (unpaired) electrons. The maximum absolute atomic E-state index is 5.90. The Morgan fingerprint density at radius 2 is 2.05 bits per heavy atom. The van der Waals surface area contributed by atoms with Gasteiger partial charge in [0.1, 0.15) is 10.7 Å². The largest absolute Gasteiger partial charge is 0.438 e. The van der Waals surface area contributed by atoms with Crippen LogP contribution in [0, 0.1) is 6.92 Å². The van der Waals surface area contributed by atoms with Gasteiger partial charge in [0, 0.05) is 28.9 Å². The van der Waals surface area contributed by atoms with Crippen molar-refractivity contribution in [2.45, 2.75) is 6.92 Å². The molecule has 4 nitrogen and oxygen atoms in total. The van der Waals surface area contributed by atoms with Gasteiger partial charge in [-0.15, -0.1) is 0 Å². The van der Waals surface area contributed by atoms with Crippen LogP contribution in [-0.4, -0.2) is 15.0 Å². The molecule has 0 bridgehead atoms. The molecule has 1 aromatic carbocycles. The number of nitrogens with zero attached hydrogens (tertiary/aromatic N) is 2. The molecule has 0 unspecified atom stereocenters. The second kappa shape index (κ2) is 5.46. The van der Waals surface area contributed by atoms with Crippen LogP contribution < -0.4 is 10.5 Å². The van der Waals surface area contributed by atoms with E-state index in [1.54, 1.807) is 12.3 Å². The maximum Gasteiger partial charge on any atom is 0.220 e. The summed E-state index contributed by atoms with van der Waals surface area (Å²) < 4.78 is 5.90. The first kappa shape index (κ1) is 13.5. The monoisotopic (exact) mass is 295 g/mol. The molecule has 0 saturated carbocycles. The highest BCUT2D eigenvalue weighted by Gasteiger charge is 2.07. The van der Waals surface area contributed by atoms with Crippen molar-refractivity contribution >= 4 is 28.1 Å². The van der Waals surface area contributed by atoms with Gasteiger partial charge >= 0.3 is 0 Å². The van der Waals surface area contributed by atoms with Crippen LogP contribution >= 0.6 is 12.2 Å². The van der Waals surface area contributed by atoms with Crippen molar-refractivity contribution in [3.63, 3.8) is 0 Å². The van der Waals surface area contributed by atoms with Crippen LogP contribution in [0.5, 0.6) is 11.6 Å². The van der Waals surface area contributed by atoms with Crippen LogP contribution in [0.25, 0.3) is 10.9 Å². The number of rotatable bonds is 3. The smallest absolute Gasteiger partial charge is 0.220 e. The molecule has 2 N–H and O–H groups in total. The summed E-state index contributed by atoms with van der Waals surface area (Å²) in [6.45, 7) is 1.87. The van der Waals surface area contributed by atoms with E-state index in [1.807, 2.05) is 43.3 Å². The molecule has 0 aliphatic rings. The third-order valence-electron chi connectivity index (χ3n) is 3.03. The van der Waals surface area contributed by atoms with Crippen LogP contribution in [-0.2, 0) is 0 Å². The lowest BCUT2D eigenvalue weighted by Gasteiger charge is -2.09. The summed E-state index contributed by atoms with van der Waals surface area (Å²) in [7, 11) is 0. The average Bonchev–Trinajstić information content (AvgIpc) is 2.47. The van der Waals surface area contributed by atoms with Gasteiger partial charge in [0.25, 0.3) is 0 Å². The van der Waals surface area contributed by atoms with E-state index in [1.165, 1.54) is 0 Å². The number of thiocarbonyl (C=S) groups is 1. The van der Waals surface area contributed by atoms with Gasteiger partial charge in [-0.2, -0.15) is 0 Å². The van der Waals surface area contributed by atoms with Gasteiger partial charge in [-0.1, -0.05) is 18.3 Å². The van der Waals surface area contributed by atoms with Crippen molar-refractivity contribution in [2.75, 3.05) is 0 Å². The van der Waals surface area contributed by atoms with Crippen LogP contribution in [0.1, 0.15) is 11.3 Å². The van der Waals surface area contributed by atoms with Gasteiger partial charge in [0.05, 0.1) is 5.52 Å². The number of aryl methyl sites for hydroxylation is 1. The Balaban J connectivity index is 2.05. The minimum Gasteiger partial charge on any atom is -0.438 e. The van der Waals surface area contributed by atoms with Crippen molar-refractivity contribution in [3.05, 3.63) is 59.9 Å². The predicted octanol–water partition coefficient (Wildman–Crippen LogP) is 3.36. The van der Waals surface area contributed by atoms with Gasteiger partial charge < -0.3 is 10.5 Å². The molecule has 0 amide bonds. The number of benzene rings is 1. The fourth-order valence-corrected chi connectivity index (χ4v) is 2.23. The lowest BCUT2D eigenvalue weighted by molar-refractivity contribution is 0.467. The number of hydrogen-bond donors (Lipinski definition) is 1. The highest BCUT2D eigenvalue weighted by molar-refractivity contribution is 7.80. The lowest BCUT2D eigenvalue weighted by Crippen LogP contribution is -2.10. The molecule has 21 heavy (non-hydrogen) atoms. The predicted molar refractivity (Wildman–Crippen MR) is 86.7 cm³/mol. The van der Waals surface area contributed by atoms with Crippen LogP contribution in [0.4, 0.5) is 0 Å². The van der Waals surface area contributed by atoms with Crippen molar-refractivity contribution in [3.8, 4) is 11.6 Å². The lowest BCUT2D eigenvalue weighted by atomic mass is 10.2. The zero-order valence-corrected chi connectivity index (χ0v) is 12.2. The van der Waals surface area contributed by atoms with Gasteiger partial charge in [0.2, 0.25) is 5.88 Å². The number of hydrogen-bond acceptors (Lipinski definition) is 4. The molecule has 2 aromatic heterocycles. The average molecular weight is 295 g/mol. The van der Waals surface area contributed by atoms with Crippen LogP contribution in [0.15, 0.2) is 48.7 Å². The third-order valence-corrected chi connectivity index (χ3v) is 3.27. The summed E-state index contributed by atoms with van der Waals surface area (Å²) in [5, 5.41) is 0.931. The van der Waals surface area contributed by atoms with E-state index >= 15 is 0 Å². The highest BCUT2D eigenvalue weighted by atomic mass is 32.1. The fraction of sp³-hybridized carbons (Fsp3) is 0.0625. The standard InChI is InChI=1S/C16H13N3OS/c1-10-8-11(16(17)21)9-15(19-10)20-14-6-2-5-13-12(14)4-3-7-18-13/h2-9H,1H3,(H2,17,21). The molecule has 2 heterocycles. The van der Waals surface area contributed by atoms with Crippen LogP contribution in [0.2, 0.25) is 0 Å². The van der Waals surface area contributed by atoms with Crippen molar-refractivity contribution in [1.29, 1.82) is 0 Å². The first-order chi connectivity index (χ1) is 10.1. The van der Waals surface area contributed by atoms with Gasteiger partial charge in [0.15, 0.2) is 0 Å². The molecule has 104 valence electrons. The first-order valence-corrected chi connectivity index (χ1v) is 6.84. The summed E-state index contributed by atoms with van der Waals surface area (Å²) in [5.74, 6) is 1.17. The molecule has 0 spiro atoms. The molecule has 0 saturated heterocycles. The summed E-state index contributed by atoms with van der Waals surface area (Å²) >= 11 is 5.01.